The summed E-state index contributed by atoms with van der Waals surface area (Å²) in [5.74, 6) is 0.0482. The smallest absolute Gasteiger partial charge is 0.283 e. The van der Waals surface area contributed by atoms with E-state index in [1.165, 1.54) is 36.0 Å². The maximum absolute atomic E-state index is 12.9. The molecule has 0 spiro atoms. The largest absolute Gasteiger partial charge is 0.316 e. The molecular formula is C24H23Cl2N5OS. The molecule has 1 N–H and O–H groups in total. The topological polar surface area (TPSA) is 73.8 Å². The molecule has 1 aromatic carbocycles. The van der Waals surface area contributed by atoms with Gasteiger partial charge in [-0.3, -0.25) is 10.2 Å². The molecule has 3 heterocycles. The van der Waals surface area contributed by atoms with Crippen molar-refractivity contribution in [3.8, 4) is 5.69 Å². The lowest BCUT2D eigenvalue weighted by molar-refractivity contribution is -0.114. The number of hydrazone groups is 1. The van der Waals surface area contributed by atoms with Crippen LogP contribution < -0.4 is 0 Å². The average Bonchev–Trinajstić information content (AvgIpc) is 3.34. The fraction of sp³-hybridized carbons (Fsp3) is 0.333. The zero-order chi connectivity index (χ0) is 23.3. The molecule has 6 nitrogen and oxygen atoms in total. The van der Waals surface area contributed by atoms with Crippen LogP contribution in [0.5, 0.6) is 0 Å². The summed E-state index contributed by atoms with van der Waals surface area (Å²) < 4.78 is 2.00. The number of carbonyl (C=O) groups excluding carboxylic acids is 1. The van der Waals surface area contributed by atoms with Crippen LogP contribution >= 0.6 is 35.0 Å². The number of fused-ring (bicyclic) bond motifs is 1. The Morgan fingerprint density at radius 3 is 2.67 bits per heavy atom. The molecule has 33 heavy (non-hydrogen) atoms. The number of rotatable bonds is 3. The maximum atomic E-state index is 12.9. The molecule has 1 saturated carbocycles. The second kappa shape index (κ2) is 8.78. The molecule has 3 aliphatic rings. The van der Waals surface area contributed by atoms with Crippen LogP contribution in [-0.4, -0.2) is 31.5 Å². The molecule has 2 aliphatic heterocycles. The van der Waals surface area contributed by atoms with E-state index in [1.54, 1.807) is 18.2 Å². The molecule has 1 aromatic heterocycles. The van der Waals surface area contributed by atoms with Gasteiger partial charge in [-0.1, -0.05) is 42.5 Å². The van der Waals surface area contributed by atoms with Crippen LogP contribution in [0.1, 0.15) is 49.1 Å². The van der Waals surface area contributed by atoms with Crippen LogP contribution in [-0.2, 0) is 4.79 Å². The molecule has 0 atom stereocenters. The van der Waals surface area contributed by atoms with Gasteiger partial charge in [0, 0.05) is 22.3 Å². The number of amidine groups is 2. The Hall–Kier alpha value is -2.35. The van der Waals surface area contributed by atoms with Gasteiger partial charge in [-0.05, 0) is 74.4 Å². The maximum Gasteiger partial charge on any atom is 0.283 e. The molecule has 1 aliphatic carbocycles. The number of aliphatic imine (C=N–C) groups is 1. The third-order valence-corrected chi connectivity index (χ3v) is 7.97. The number of hydrogen-bond acceptors (Lipinski definition) is 4. The van der Waals surface area contributed by atoms with Gasteiger partial charge in [0.25, 0.3) is 5.91 Å². The quantitative estimate of drug-likeness (QED) is 0.483. The minimum absolute atomic E-state index is 0.0638. The Labute approximate surface area is 206 Å². The fourth-order valence-corrected chi connectivity index (χ4v) is 6.07. The molecule has 0 saturated heterocycles. The third kappa shape index (κ3) is 4.07. The van der Waals surface area contributed by atoms with Crippen molar-refractivity contribution in [1.82, 2.24) is 9.58 Å². The van der Waals surface area contributed by atoms with Gasteiger partial charge >= 0.3 is 0 Å². The first kappa shape index (κ1) is 22.4. The third-order valence-electron chi connectivity index (χ3n) is 6.34. The van der Waals surface area contributed by atoms with Crippen molar-refractivity contribution >= 4 is 63.0 Å². The highest BCUT2D eigenvalue weighted by Crippen LogP contribution is 2.37. The first-order valence-electron chi connectivity index (χ1n) is 11.0. The number of nitrogens with zero attached hydrogens (tertiary/aromatic N) is 4. The van der Waals surface area contributed by atoms with E-state index in [2.05, 4.69) is 10.1 Å². The molecule has 9 heteroatoms. The van der Waals surface area contributed by atoms with Crippen molar-refractivity contribution in [2.75, 3.05) is 0 Å². The Morgan fingerprint density at radius 2 is 1.91 bits per heavy atom. The predicted molar refractivity (Wildman–Crippen MR) is 137 cm³/mol. The molecular weight excluding hydrogens is 477 g/mol. The Morgan fingerprint density at radius 1 is 1.15 bits per heavy atom. The number of nitrogens with one attached hydrogen (secondary N) is 1. The molecule has 5 rings (SSSR count). The van der Waals surface area contributed by atoms with E-state index in [0.717, 1.165) is 40.5 Å². The van der Waals surface area contributed by atoms with Gasteiger partial charge in [-0.25, -0.2) is 0 Å². The van der Waals surface area contributed by atoms with E-state index in [0.29, 0.717) is 21.1 Å². The summed E-state index contributed by atoms with van der Waals surface area (Å²) in [6, 6.07) is 7.29. The summed E-state index contributed by atoms with van der Waals surface area (Å²) >= 11 is 14.1. The highest BCUT2D eigenvalue weighted by molar-refractivity contribution is 8.27. The number of benzene rings is 1. The summed E-state index contributed by atoms with van der Waals surface area (Å²) in [7, 11) is 0. The van der Waals surface area contributed by atoms with Crippen LogP contribution in [0.3, 0.4) is 0 Å². The lowest BCUT2D eigenvalue weighted by Crippen LogP contribution is -2.35. The van der Waals surface area contributed by atoms with Gasteiger partial charge in [0.15, 0.2) is 5.84 Å². The van der Waals surface area contributed by atoms with Crippen molar-refractivity contribution in [3.63, 3.8) is 0 Å². The fourth-order valence-electron chi connectivity index (χ4n) is 4.64. The number of amides is 1. The standard InChI is InChI=1S/C24H23Cl2N5OS/c1-13-10-16(14(2)30(13)20-12-17(25)8-9-19(20)26)11-18-21(27)31-24(28-22(18)32)33-23(29-31)15-6-4-3-5-7-15/h8-12,15,27H,3-7H2,1-2H3/b18-11+,27-21?. The zero-order valence-corrected chi connectivity index (χ0v) is 20.7. The SMILES string of the molecule is Cc1cc(/C=C2\C(=N)N3N=C(C4CCCCC4)SC3=NC2=O)c(C)n1-c1cc(Cl)ccc1Cl. The summed E-state index contributed by atoms with van der Waals surface area (Å²) in [4.78, 5) is 17.1. The Balaban J connectivity index is 1.49. The van der Waals surface area contributed by atoms with E-state index < -0.39 is 5.91 Å². The van der Waals surface area contributed by atoms with Gasteiger partial charge in [0.05, 0.1) is 16.3 Å². The molecule has 0 unspecified atom stereocenters. The number of aryl methyl sites for hydroxylation is 1. The van der Waals surface area contributed by atoms with Gasteiger partial charge < -0.3 is 4.57 Å². The average molecular weight is 500 g/mol. The summed E-state index contributed by atoms with van der Waals surface area (Å²) in [5.41, 5.74) is 3.65. The predicted octanol–water partition coefficient (Wildman–Crippen LogP) is 6.60. The zero-order valence-electron chi connectivity index (χ0n) is 18.4. The minimum atomic E-state index is -0.413. The van der Waals surface area contributed by atoms with Crippen LogP contribution in [0.15, 0.2) is 39.9 Å². The van der Waals surface area contributed by atoms with Gasteiger partial charge in [-0.15, -0.1) is 0 Å². The van der Waals surface area contributed by atoms with Crippen LogP contribution in [0.25, 0.3) is 11.8 Å². The summed E-state index contributed by atoms with van der Waals surface area (Å²) in [5, 5.41) is 17.5. The molecule has 1 amide bonds. The van der Waals surface area contributed by atoms with E-state index in [-0.39, 0.29) is 11.4 Å². The van der Waals surface area contributed by atoms with Crippen molar-refractivity contribution in [2.45, 2.75) is 46.0 Å². The van der Waals surface area contributed by atoms with Crippen molar-refractivity contribution in [2.24, 2.45) is 16.0 Å². The van der Waals surface area contributed by atoms with E-state index in [9.17, 15) is 4.79 Å². The van der Waals surface area contributed by atoms with Gasteiger partial charge in [0.2, 0.25) is 5.17 Å². The molecule has 0 bridgehead atoms. The number of aromatic nitrogens is 1. The van der Waals surface area contributed by atoms with Crippen LogP contribution in [0, 0.1) is 25.2 Å². The normalized spacial score (nSPS) is 20.4. The lowest BCUT2D eigenvalue weighted by atomic mass is 9.90. The molecule has 2 aromatic rings. The van der Waals surface area contributed by atoms with E-state index in [1.807, 2.05) is 30.5 Å². The highest BCUT2D eigenvalue weighted by Gasteiger charge is 2.38. The van der Waals surface area contributed by atoms with Gasteiger partial charge in [0.1, 0.15) is 5.04 Å². The number of halogens is 2. The van der Waals surface area contributed by atoms with Crippen LogP contribution in [0.4, 0.5) is 0 Å². The second-order valence-corrected chi connectivity index (χ2v) is 10.4. The second-order valence-electron chi connectivity index (χ2n) is 8.55. The van der Waals surface area contributed by atoms with Crippen LogP contribution in [0.2, 0.25) is 10.0 Å². The van der Waals surface area contributed by atoms with Gasteiger partial charge in [-0.2, -0.15) is 15.1 Å². The molecule has 0 radical (unpaired) electrons. The summed E-state index contributed by atoms with van der Waals surface area (Å²) in [6.07, 6.45) is 7.60. The van der Waals surface area contributed by atoms with E-state index >= 15 is 0 Å². The summed E-state index contributed by atoms with van der Waals surface area (Å²) in [6.45, 7) is 3.92. The van der Waals surface area contributed by atoms with E-state index in [4.69, 9.17) is 28.6 Å². The first-order valence-corrected chi connectivity index (χ1v) is 12.5. The monoisotopic (exact) mass is 499 g/mol. The number of carbonyl (C=O) groups is 1. The highest BCUT2D eigenvalue weighted by atomic mass is 35.5. The Bertz CT molecular complexity index is 1270. The lowest BCUT2D eigenvalue weighted by Gasteiger charge is -2.20. The molecule has 1 fully saturated rings. The Kier molecular flexibility index (Phi) is 5.97. The van der Waals surface area contributed by atoms with Crippen molar-refractivity contribution in [1.29, 1.82) is 5.41 Å². The van der Waals surface area contributed by atoms with Crippen molar-refractivity contribution in [3.05, 3.63) is 56.8 Å². The first-order chi connectivity index (χ1) is 15.8. The number of hydrogen-bond donors (Lipinski definition) is 1. The minimum Gasteiger partial charge on any atom is -0.316 e. The molecule has 170 valence electrons. The number of thioether (sulfide) groups is 1. The van der Waals surface area contributed by atoms with Crippen molar-refractivity contribution < 1.29 is 4.79 Å².